The zero-order valence-corrected chi connectivity index (χ0v) is 10.5. The number of hydrogen-bond donors (Lipinski definition) is 1. The molecule has 1 aromatic heterocycles. The van der Waals surface area contributed by atoms with Crippen LogP contribution >= 0.6 is 11.8 Å². The highest BCUT2D eigenvalue weighted by Crippen LogP contribution is 2.33. The van der Waals surface area contributed by atoms with Crippen molar-refractivity contribution in [3.05, 3.63) is 23.8 Å². The summed E-state index contributed by atoms with van der Waals surface area (Å²) in [5.41, 5.74) is 6.47. The number of benzene rings is 1. The monoisotopic (exact) mass is 269 g/mol. The van der Waals surface area contributed by atoms with E-state index in [1.807, 2.05) is 11.8 Å². The largest absolute Gasteiger partial charge is 0.369 e. The number of halogens is 2. The number of nitrogens with zero attached hydrogens (tertiary/aromatic N) is 2. The standard InChI is InChI=1S/C12H13F2N3S/c13-8-3-4-9-11(10(8)14)17(12(15)16-9)7-2-1-5-18-6-7/h3-4,7H,1-2,5-6H2,(H2,15,16). The second-order valence-electron chi connectivity index (χ2n) is 4.44. The first-order valence-corrected chi connectivity index (χ1v) is 7.03. The van der Waals surface area contributed by atoms with Gasteiger partial charge in [0.15, 0.2) is 11.6 Å². The highest BCUT2D eigenvalue weighted by Gasteiger charge is 2.23. The Morgan fingerprint density at radius 1 is 1.39 bits per heavy atom. The van der Waals surface area contributed by atoms with Crippen LogP contribution in [0.25, 0.3) is 11.0 Å². The number of hydrogen-bond acceptors (Lipinski definition) is 3. The highest BCUT2D eigenvalue weighted by atomic mass is 32.2. The lowest BCUT2D eigenvalue weighted by Gasteiger charge is -2.24. The van der Waals surface area contributed by atoms with Gasteiger partial charge >= 0.3 is 0 Å². The molecule has 96 valence electrons. The van der Waals surface area contributed by atoms with Gasteiger partial charge in [-0.25, -0.2) is 13.8 Å². The van der Waals surface area contributed by atoms with Crippen molar-refractivity contribution in [1.29, 1.82) is 0 Å². The van der Waals surface area contributed by atoms with Crippen molar-refractivity contribution < 1.29 is 8.78 Å². The predicted octanol–water partition coefficient (Wildman–Crippen LogP) is 2.96. The van der Waals surface area contributed by atoms with Crippen LogP contribution in [-0.2, 0) is 0 Å². The maximum atomic E-state index is 13.9. The number of anilines is 1. The summed E-state index contributed by atoms with van der Waals surface area (Å²) in [6, 6.07) is 2.66. The minimum Gasteiger partial charge on any atom is -0.369 e. The third-order valence-electron chi connectivity index (χ3n) is 3.27. The molecule has 1 aliphatic heterocycles. The Hall–Kier alpha value is -1.30. The van der Waals surface area contributed by atoms with Crippen molar-refractivity contribution in [2.45, 2.75) is 18.9 Å². The Morgan fingerprint density at radius 2 is 2.22 bits per heavy atom. The van der Waals surface area contributed by atoms with Crippen molar-refractivity contribution in [2.75, 3.05) is 17.2 Å². The van der Waals surface area contributed by atoms with Gasteiger partial charge in [-0.15, -0.1) is 0 Å². The van der Waals surface area contributed by atoms with Gasteiger partial charge in [-0.3, -0.25) is 0 Å². The molecule has 3 nitrogen and oxygen atoms in total. The normalized spacial score (nSPS) is 20.4. The van der Waals surface area contributed by atoms with Gasteiger partial charge in [-0.1, -0.05) is 0 Å². The summed E-state index contributed by atoms with van der Waals surface area (Å²) in [6.07, 6.45) is 1.99. The van der Waals surface area contributed by atoms with Crippen LogP contribution in [0.1, 0.15) is 18.9 Å². The van der Waals surface area contributed by atoms with Gasteiger partial charge < -0.3 is 10.3 Å². The van der Waals surface area contributed by atoms with E-state index in [9.17, 15) is 8.78 Å². The molecule has 2 aromatic rings. The second-order valence-corrected chi connectivity index (χ2v) is 5.59. The van der Waals surface area contributed by atoms with E-state index in [0.29, 0.717) is 5.52 Å². The third-order valence-corrected chi connectivity index (χ3v) is 4.47. The van der Waals surface area contributed by atoms with Crippen molar-refractivity contribution in [2.24, 2.45) is 0 Å². The van der Waals surface area contributed by atoms with Gasteiger partial charge in [0, 0.05) is 11.8 Å². The first kappa shape index (κ1) is 11.8. The topological polar surface area (TPSA) is 43.8 Å². The molecule has 1 aromatic carbocycles. The Balaban J connectivity index is 2.20. The van der Waals surface area contributed by atoms with Crippen LogP contribution in [0.3, 0.4) is 0 Å². The van der Waals surface area contributed by atoms with E-state index >= 15 is 0 Å². The molecule has 1 fully saturated rings. The van der Waals surface area contributed by atoms with Crippen molar-refractivity contribution in [1.82, 2.24) is 9.55 Å². The van der Waals surface area contributed by atoms with Gasteiger partial charge in [0.05, 0.1) is 5.52 Å². The summed E-state index contributed by atoms with van der Waals surface area (Å²) in [5, 5.41) is 0. The average Bonchev–Trinajstić information content (AvgIpc) is 2.72. The summed E-state index contributed by atoms with van der Waals surface area (Å²) in [6.45, 7) is 0. The Kier molecular flexibility index (Phi) is 2.89. The number of nitrogens with two attached hydrogens (primary N) is 1. The smallest absolute Gasteiger partial charge is 0.201 e. The third kappa shape index (κ3) is 1.75. The molecule has 2 heterocycles. The number of thioether (sulfide) groups is 1. The molecule has 0 saturated carbocycles. The van der Waals surface area contributed by atoms with E-state index in [4.69, 9.17) is 5.73 Å². The molecular weight excluding hydrogens is 256 g/mol. The number of fused-ring (bicyclic) bond motifs is 1. The predicted molar refractivity (Wildman–Crippen MR) is 69.7 cm³/mol. The molecule has 0 spiro atoms. The van der Waals surface area contributed by atoms with Crippen LogP contribution in [0.15, 0.2) is 12.1 Å². The molecule has 1 saturated heterocycles. The van der Waals surface area contributed by atoms with E-state index in [1.165, 1.54) is 6.07 Å². The van der Waals surface area contributed by atoms with Crippen LogP contribution in [0.2, 0.25) is 0 Å². The first-order valence-electron chi connectivity index (χ1n) is 5.87. The molecule has 1 atom stereocenters. The van der Waals surface area contributed by atoms with Gasteiger partial charge in [0.1, 0.15) is 5.52 Å². The molecule has 0 aliphatic carbocycles. The minimum atomic E-state index is -0.855. The van der Waals surface area contributed by atoms with Crippen LogP contribution in [-0.4, -0.2) is 21.1 Å². The molecule has 6 heteroatoms. The molecule has 0 bridgehead atoms. The molecule has 0 amide bonds. The summed E-state index contributed by atoms with van der Waals surface area (Å²) in [7, 11) is 0. The van der Waals surface area contributed by atoms with Gasteiger partial charge in [0.25, 0.3) is 0 Å². The molecule has 1 unspecified atom stereocenters. The molecule has 18 heavy (non-hydrogen) atoms. The Labute approximate surface area is 107 Å². The number of imidazole rings is 1. The molecule has 3 rings (SSSR count). The fourth-order valence-corrected chi connectivity index (χ4v) is 3.56. The lowest BCUT2D eigenvalue weighted by Crippen LogP contribution is -2.18. The highest BCUT2D eigenvalue weighted by molar-refractivity contribution is 7.99. The molecule has 1 aliphatic rings. The average molecular weight is 269 g/mol. The van der Waals surface area contributed by atoms with E-state index in [-0.39, 0.29) is 17.5 Å². The maximum Gasteiger partial charge on any atom is 0.201 e. The van der Waals surface area contributed by atoms with E-state index in [0.717, 1.165) is 30.4 Å². The quantitative estimate of drug-likeness (QED) is 0.865. The van der Waals surface area contributed by atoms with E-state index < -0.39 is 11.6 Å². The van der Waals surface area contributed by atoms with E-state index in [2.05, 4.69) is 4.98 Å². The number of nitrogen functional groups attached to an aromatic ring is 1. The van der Waals surface area contributed by atoms with Crippen molar-refractivity contribution in [3.8, 4) is 0 Å². The summed E-state index contributed by atoms with van der Waals surface area (Å²) < 4.78 is 28.9. The van der Waals surface area contributed by atoms with Gasteiger partial charge in [-0.05, 0) is 30.7 Å². The second kappa shape index (κ2) is 4.42. The Bertz CT molecular complexity index is 591. The number of rotatable bonds is 1. The maximum absolute atomic E-state index is 13.9. The summed E-state index contributed by atoms with van der Waals surface area (Å²) in [5.74, 6) is 0.535. The van der Waals surface area contributed by atoms with Gasteiger partial charge in [-0.2, -0.15) is 11.8 Å². The minimum absolute atomic E-state index is 0.102. The van der Waals surface area contributed by atoms with Crippen LogP contribution < -0.4 is 5.73 Å². The van der Waals surface area contributed by atoms with Crippen molar-refractivity contribution >= 4 is 28.7 Å². The molecule has 0 radical (unpaired) electrons. The van der Waals surface area contributed by atoms with Crippen LogP contribution in [0.5, 0.6) is 0 Å². The SMILES string of the molecule is Nc1nc2ccc(F)c(F)c2n1C1CCCSC1. The lowest BCUT2D eigenvalue weighted by molar-refractivity contribution is 0.488. The number of aromatic nitrogens is 2. The summed E-state index contributed by atoms with van der Waals surface area (Å²) in [4.78, 5) is 4.12. The van der Waals surface area contributed by atoms with Crippen molar-refractivity contribution in [3.63, 3.8) is 0 Å². The van der Waals surface area contributed by atoms with Crippen LogP contribution in [0, 0.1) is 11.6 Å². The summed E-state index contributed by atoms with van der Waals surface area (Å²) >= 11 is 1.81. The molecular formula is C12H13F2N3S. The fraction of sp³-hybridized carbons (Fsp3) is 0.417. The molecule has 2 N–H and O–H groups in total. The lowest BCUT2D eigenvalue weighted by atomic mass is 10.1. The first-order chi connectivity index (χ1) is 8.68. The van der Waals surface area contributed by atoms with Crippen LogP contribution in [0.4, 0.5) is 14.7 Å². The Morgan fingerprint density at radius 3 is 2.94 bits per heavy atom. The fourth-order valence-electron chi connectivity index (χ4n) is 2.44. The van der Waals surface area contributed by atoms with Gasteiger partial charge in [0.2, 0.25) is 5.95 Å². The zero-order chi connectivity index (χ0) is 12.7. The zero-order valence-electron chi connectivity index (χ0n) is 9.70. The van der Waals surface area contributed by atoms with E-state index in [1.54, 1.807) is 4.57 Å².